The van der Waals surface area contributed by atoms with Crippen LogP contribution in [0.5, 0.6) is 0 Å². The van der Waals surface area contributed by atoms with Gasteiger partial charge < -0.3 is 10.2 Å². The first-order valence-corrected chi connectivity index (χ1v) is 9.62. The van der Waals surface area contributed by atoms with Crippen molar-refractivity contribution in [3.05, 3.63) is 23.8 Å². The largest absolute Gasteiger partial charge is 0.479 e. The van der Waals surface area contributed by atoms with Crippen LogP contribution in [-0.4, -0.2) is 28.1 Å². The predicted molar refractivity (Wildman–Crippen MR) is 93.7 cm³/mol. The van der Waals surface area contributed by atoms with Gasteiger partial charge in [0.2, 0.25) is 0 Å². The predicted octanol–water partition coefficient (Wildman–Crippen LogP) is 3.36. The zero-order chi connectivity index (χ0) is 18.0. The van der Waals surface area contributed by atoms with E-state index in [9.17, 15) is 19.8 Å². The van der Waals surface area contributed by atoms with Crippen LogP contribution >= 0.6 is 0 Å². The molecule has 0 heterocycles. The zero-order valence-electron chi connectivity index (χ0n) is 15.1. The van der Waals surface area contributed by atoms with Crippen LogP contribution < -0.4 is 0 Å². The molecular formula is C21H28O4. The first kappa shape index (κ1) is 17.0. The highest BCUT2D eigenvalue weighted by molar-refractivity contribution is 6.01. The molecule has 0 spiro atoms. The van der Waals surface area contributed by atoms with Crippen LogP contribution in [0.4, 0.5) is 0 Å². The number of carboxylic acid groups (broad SMARTS) is 1. The molecule has 25 heavy (non-hydrogen) atoms. The molecule has 3 saturated carbocycles. The van der Waals surface area contributed by atoms with Crippen LogP contribution in [0.1, 0.15) is 52.4 Å². The maximum atomic E-state index is 11.8. The van der Waals surface area contributed by atoms with Gasteiger partial charge in [-0.1, -0.05) is 25.5 Å². The summed E-state index contributed by atoms with van der Waals surface area (Å²) in [6.07, 6.45) is 10.4. The maximum Gasteiger partial charge on any atom is 0.332 e. The molecule has 0 aliphatic heterocycles. The van der Waals surface area contributed by atoms with Gasteiger partial charge in [-0.25, -0.2) is 4.79 Å². The highest BCUT2D eigenvalue weighted by atomic mass is 16.4. The molecule has 0 radical (unpaired) electrons. The van der Waals surface area contributed by atoms with Crippen molar-refractivity contribution < 1.29 is 19.8 Å². The van der Waals surface area contributed by atoms with Crippen LogP contribution in [-0.2, 0) is 9.59 Å². The number of ketones is 1. The molecule has 0 aromatic heterocycles. The molecule has 2 N–H and O–H groups in total. The lowest BCUT2D eigenvalue weighted by molar-refractivity contribution is -0.154. The Bertz CT molecular complexity index is 677. The SMILES string of the molecule is C[C@]12CC[C@H]3[C@@H](CCC4=CC(=O)C=C[C@@]43C)[C@@H]1CC[C@@H]2C(O)C(=O)O. The number of carbonyl (C=O) groups excluding carboxylic acids is 1. The van der Waals surface area contributed by atoms with E-state index in [0.29, 0.717) is 17.8 Å². The molecule has 4 heteroatoms. The second-order valence-corrected chi connectivity index (χ2v) is 9.11. The highest BCUT2D eigenvalue weighted by Gasteiger charge is 2.60. The van der Waals surface area contributed by atoms with Gasteiger partial charge in [-0.15, -0.1) is 0 Å². The Morgan fingerprint density at radius 2 is 1.96 bits per heavy atom. The molecule has 3 fully saturated rings. The molecule has 0 saturated heterocycles. The van der Waals surface area contributed by atoms with Gasteiger partial charge in [0.15, 0.2) is 11.9 Å². The van der Waals surface area contributed by atoms with Crippen LogP contribution in [0.3, 0.4) is 0 Å². The van der Waals surface area contributed by atoms with Crippen LogP contribution in [0.2, 0.25) is 0 Å². The van der Waals surface area contributed by atoms with Crippen molar-refractivity contribution in [2.45, 2.75) is 58.5 Å². The third-order valence-corrected chi connectivity index (χ3v) is 8.26. The van der Waals surface area contributed by atoms with E-state index in [0.717, 1.165) is 38.5 Å². The van der Waals surface area contributed by atoms with Gasteiger partial charge in [-0.05, 0) is 73.8 Å². The highest BCUT2D eigenvalue weighted by Crippen LogP contribution is 2.66. The smallest absolute Gasteiger partial charge is 0.332 e. The molecule has 4 aliphatic carbocycles. The quantitative estimate of drug-likeness (QED) is 0.805. The van der Waals surface area contributed by atoms with Gasteiger partial charge in [-0.2, -0.15) is 0 Å². The number of aliphatic hydroxyl groups excluding tert-OH is 1. The Hall–Kier alpha value is -1.42. The summed E-state index contributed by atoms with van der Waals surface area (Å²) in [5, 5.41) is 19.5. The summed E-state index contributed by atoms with van der Waals surface area (Å²) in [6.45, 7) is 4.49. The van der Waals surface area contributed by atoms with Crippen molar-refractivity contribution in [3.8, 4) is 0 Å². The minimum atomic E-state index is -1.24. The third-order valence-electron chi connectivity index (χ3n) is 8.26. The monoisotopic (exact) mass is 344 g/mol. The number of rotatable bonds is 2. The van der Waals surface area contributed by atoms with Crippen molar-refractivity contribution in [2.24, 2.45) is 34.5 Å². The number of carbonyl (C=O) groups is 2. The van der Waals surface area contributed by atoms with E-state index in [1.165, 1.54) is 5.57 Å². The van der Waals surface area contributed by atoms with E-state index in [1.807, 2.05) is 6.08 Å². The van der Waals surface area contributed by atoms with Gasteiger partial charge in [0.1, 0.15) is 0 Å². The third kappa shape index (κ3) is 2.29. The van der Waals surface area contributed by atoms with Crippen molar-refractivity contribution in [3.63, 3.8) is 0 Å². The summed E-state index contributed by atoms with van der Waals surface area (Å²) < 4.78 is 0. The Balaban J connectivity index is 1.65. The second kappa shape index (κ2) is 5.54. The van der Waals surface area contributed by atoms with Gasteiger partial charge in [0.05, 0.1) is 0 Å². The molecule has 1 unspecified atom stereocenters. The summed E-state index contributed by atoms with van der Waals surface area (Å²) in [5.41, 5.74) is 1.18. The first-order valence-electron chi connectivity index (χ1n) is 9.62. The van der Waals surface area contributed by atoms with E-state index in [-0.39, 0.29) is 22.5 Å². The van der Waals surface area contributed by atoms with Gasteiger partial charge in [-0.3, -0.25) is 4.79 Å². The summed E-state index contributed by atoms with van der Waals surface area (Å²) in [6, 6.07) is 0. The lowest BCUT2D eigenvalue weighted by atomic mass is 9.47. The fraction of sp³-hybridized carbons (Fsp3) is 0.714. The molecule has 7 atom stereocenters. The molecule has 136 valence electrons. The fourth-order valence-electron chi connectivity index (χ4n) is 6.93. The Kier molecular flexibility index (Phi) is 3.77. The molecular weight excluding hydrogens is 316 g/mol. The van der Waals surface area contributed by atoms with Gasteiger partial charge in [0, 0.05) is 11.3 Å². The second-order valence-electron chi connectivity index (χ2n) is 9.11. The minimum absolute atomic E-state index is 0.0261. The van der Waals surface area contributed by atoms with Crippen molar-refractivity contribution in [1.29, 1.82) is 0 Å². The number of allylic oxidation sites excluding steroid dienone is 4. The molecule has 0 aromatic rings. The molecule has 0 bridgehead atoms. The minimum Gasteiger partial charge on any atom is -0.479 e. The van der Waals surface area contributed by atoms with E-state index in [1.54, 1.807) is 6.08 Å². The van der Waals surface area contributed by atoms with Crippen molar-refractivity contribution in [1.82, 2.24) is 0 Å². The summed E-state index contributed by atoms with van der Waals surface area (Å²) >= 11 is 0. The number of aliphatic hydroxyl groups is 1. The number of fused-ring (bicyclic) bond motifs is 5. The number of hydrogen-bond donors (Lipinski definition) is 2. The number of carboxylic acids is 1. The standard InChI is InChI=1S/C21H28O4/c1-20-9-7-13(22)11-12(20)3-4-14-15-5-6-17(18(23)19(24)25)21(15,2)10-8-16(14)20/h7,9,11,14-18,23H,3-6,8,10H2,1-2H3,(H,24,25)/t14-,15-,16-,17+,18?,20-,21-/m0/s1. The normalized spacial score (nSPS) is 46.7. The lowest BCUT2D eigenvalue weighted by Crippen LogP contribution is -2.51. The van der Waals surface area contributed by atoms with E-state index < -0.39 is 12.1 Å². The average Bonchev–Trinajstić information content (AvgIpc) is 2.92. The molecule has 4 aliphatic rings. The van der Waals surface area contributed by atoms with Crippen LogP contribution in [0, 0.1) is 34.5 Å². The Morgan fingerprint density at radius 1 is 1.20 bits per heavy atom. The maximum absolute atomic E-state index is 11.8. The van der Waals surface area contributed by atoms with Crippen molar-refractivity contribution >= 4 is 11.8 Å². The molecule has 4 rings (SSSR count). The zero-order valence-corrected chi connectivity index (χ0v) is 15.1. The lowest BCUT2D eigenvalue weighted by Gasteiger charge is -2.57. The Labute approximate surface area is 149 Å². The number of hydrogen-bond acceptors (Lipinski definition) is 3. The fourth-order valence-corrected chi connectivity index (χ4v) is 6.93. The van der Waals surface area contributed by atoms with Crippen molar-refractivity contribution in [2.75, 3.05) is 0 Å². The van der Waals surface area contributed by atoms with E-state index in [2.05, 4.69) is 19.9 Å². The first-order chi connectivity index (χ1) is 11.8. The summed E-state index contributed by atoms with van der Waals surface area (Å²) in [5.74, 6) is 0.458. The molecule has 4 nitrogen and oxygen atoms in total. The topological polar surface area (TPSA) is 74.6 Å². The van der Waals surface area contributed by atoms with Crippen LogP contribution in [0.25, 0.3) is 0 Å². The average molecular weight is 344 g/mol. The van der Waals surface area contributed by atoms with Gasteiger partial charge in [0.25, 0.3) is 0 Å². The Morgan fingerprint density at radius 3 is 2.68 bits per heavy atom. The molecule has 0 amide bonds. The number of aliphatic carboxylic acids is 1. The van der Waals surface area contributed by atoms with Crippen LogP contribution in [0.15, 0.2) is 23.8 Å². The summed E-state index contributed by atoms with van der Waals surface area (Å²) in [4.78, 5) is 23.1. The summed E-state index contributed by atoms with van der Waals surface area (Å²) in [7, 11) is 0. The van der Waals surface area contributed by atoms with Gasteiger partial charge >= 0.3 is 5.97 Å². The molecule has 0 aromatic carbocycles. The van der Waals surface area contributed by atoms with E-state index in [4.69, 9.17) is 0 Å². The van der Waals surface area contributed by atoms with E-state index >= 15 is 0 Å².